The van der Waals surface area contributed by atoms with E-state index in [2.05, 4.69) is 10.1 Å². The average Bonchev–Trinajstić information content (AvgIpc) is 2.43. The van der Waals surface area contributed by atoms with Crippen LogP contribution in [-0.4, -0.2) is 31.3 Å². The molecule has 1 aromatic rings. The lowest BCUT2D eigenvalue weighted by Crippen LogP contribution is -2.35. The standard InChI is InChI=1S/C17H25NO4/c1-12(11-18-16(20)22-17(2,3)4)10-13-6-8-14(9-7-13)15(19)21-5/h6-9,12H,10-11H2,1-5H3,(H,18,20). The lowest BCUT2D eigenvalue weighted by Gasteiger charge is -2.20. The van der Waals surface area contributed by atoms with Crippen molar-refractivity contribution in [1.82, 2.24) is 5.32 Å². The Balaban J connectivity index is 2.43. The summed E-state index contributed by atoms with van der Waals surface area (Å²) in [7, 11) is 1.36. The van der Waals surface area contributed by atoms with E-state index in [4.69, 9.17) is 4.74 Å². The number of benzene rings is 1. The topological polar surface area (TPSA) is 64.6 Å². The second kappa shape index (κ2) is 7.82. The molecule has 1 amide bonds. The lowest BCUT2D eigenvalue weighted by molar-refractivity contribution is 0.0519. The smallest absolute Gasteiger partial charge is 0.407 e. The molecule has 0 aliphatic heterocycles. The van der Waals surface area contributed by atoms with Crippen LogP contribution in [0.5, 0.6) is 0 Å². The van der Waals surface area contributed by atoms with Gasteiger partial charge in [-0.15, -0.1) is 0 Å². The maximum atomic E-state index is 11.6. The van der Waals surface area contributed by atoms with Gasteiger partial charge in [0.25, 0.3) is 0 Å². The summed E-state index contributed by atoms with van der Waals surface area (Å²) in [5.74, 6) is -0.0808. The average molecular weight is 307 g/mol. The van der Waals surface area contributed by atoms with Crippen LogP contribution in [0.4, 0.5) is 4.79 Å². The zero-order chi connectivity index (χ0) is 16.8. The Morgan fingerprint density at radius 3 is 2.27 bits per heavy atom. The zero-order valence-electron chi connectivity index (χ0n) is 13.9. The van der Waals surface area contributed by atoms with Crippen LogP contribution < -0.4 is 5.32 Å². The molecule has 1 N–H and O–H groups in total. The van der Waals surface area contributed by atoms with Crippen LogP contribution in [0.15, 0.2) is 24.3 Å². The van der Waals surface area contributed by atoms with E-state index in [0.29, 0.717) is 12.1 Å². The highest BCUT2D eigenvalue weighted by atomic mass is 16.6. The van der Waals surface area contributed by atoms with Crippen molar-refractivity contribution in [3.8, 4) is 0 Å². The van der Waals surface area contributed by atoms with Crippen molar-refractivity contribution < 1.29 is 19.1 Å². The predicted molar refractivity (Wildman–Crippen MR) is 84.9 cm³/mol. The van der Waals surface area contributed by atoms with E-state index in [1.54, 1.807) is 12.1 Å². The van der Waals surface area contributed by atoms with Gasteiger partial charge in [0.1, 0.15) is 5.60 Å². The molecule has 122 valence electrons. The van der Waals surface area contributed by atoms with Crippen LogP contribution >= 0.6 is 0 Å². The minimum Gasteiger partial charge on any atom is -0.465 e. The molecular formula is C17H25NO4. The summed E-state index contributed by atoms with van der Waals surface area (Å²) in [6.07, 6.45) is 0.400. The van der Waals surface area contributed by atoms with Crippen LogP contribution in [0.1, 0.15) is 43.6 Å². The Labute approximate surface area is 132 Å². The summed E-state index contributed by atoms with van der Waals surface area (Å²) >= 11 is 0. The number of carbonyl (C=O) groups is 2. The van der Waals surface area contributed by atoms with Gasteiger partial charge in [0, 0.05) is 6.54 Å². The number of carbonyl (C=O) groups excluding carboxylic acids is 2. The largest absolute Gasteiger partial charge is 0.465 e. The van der Waals surface area contributed by atoms with Gasteiger partial charge in [-0.05, 0) is 50.8 Å². The number of rotatable bonds is 5. The Kier molecular flexibility index (Phi) is 6.40. The highest BCUT2D eigenvalue weighted by Crippen LogP contribution is 2.11. The molecule has 0 aromatic heterocycles. The molecule has 5 nitrogen and oxygen atoms in total. The van der Waals surface area contributed by atoms with Crippen LogP contribution in [-0.2, 0) is 15.9 Å². The third-order valence-corrected chi connectivity index (χ3v) is 2.95. The van der Waals surface area contributed by atoms with Crippen molar-refractivity contribution in [2.24, 2.45) is 5.92 Å². The molecule has 0 spiro atoms. The number of amides is 1. The molecular weight excluding hydrogens is 282 g/mol. The molecule has 22 heavy (non-hydrogen) atoms. The highest BCUT2D eigenvalue weighted by molar-refractivity contribution is 5.89. The third kappa shape index (κ3) is 6.61. The second-order valence-corrected chi connectivity index (χ2v) is 6.38. The summed E-state index contributed by atoms with van der Waals surface area (Å²) in [6, 6.07) is 7.29. The molecule has 0 saturated carbocycles. The Morgan fingerprint density at radius 2 is 1.77 bits per heavy atom. The molecule has 0 heterocycles. The normalized spacial score (nSPS) is 12.4. The van der Waals surface area contributed by atoms with E-state index >= 15 is 0 Å². The first kappa shape index (κ1) is 18.0. The molecule has 1 unspecified atom stereocenters. The zero-order valence-corrected chi connectivity index (χ0v) is 13.9. The van der Waals surface area contributed by atoms with Gasteiger partial charge in [0.15, 0.2) is 0 Å². The van der Waals surface area contributed by atoms with Crippen molar-refractivity contribution in [3.63, 3.8) is 0 Å². The first-order valence-corrected chi connectivity index (χ1v) is 7.35. The Bertz CT molecular complexity index is 502. The van der Waals surface area contributed by atoms with E-state index in [-0.39, 0.29) is 11.9 Å². The van der Waals surface area contributed by atoms with Gasteiger partial charge in [0.2, 0.25) is 0 Å². The Morgan fingerprint density at radius 1 is 1.18 bits per heavy atom. The van der Waals surface area contributed by atoms with Gasteiger partial charge < -0.3 is 14.8 Å². The van der Waals surface area contributed by atoms with Gasteiger partial charge in [-0.3, -0.25) is 0 Å². The van der Waals surface area contributed by atoms with Crippen molar-refractivity contribution in [2.45, 2.75) is 39.7 Å². The second-order valence-electron chi connectivity index (χ2n) is 6.38. The van der Waals surface area contributed by atoms with Crippen molar-refractivity contribution in [2.75, 3.05) is 13.7 Å². The van der Waals surface area contributed by atoms with Crippen molar-refractivity contribution in [1.29, 1.82) is 0 Å². The maximum Gasteiger partial charge on any atom is 0.407 e. The first-order chi connectivity index (χ1) is 10.2. The van der Waals surface area contributed by atoms with Gasteiger partial charge in [-0.2, -0.15) is 0 Å². The number of esters is 1. The number of hydrogen-bond donors (Lipinski definition) is 1. The quantitative estimate of drug-likeness (QED) is 0.849. The molecule has 0 bridgehead atoms. The minimum absolute atomic E-state index is 0.261. The summed E-state index contributed by atoms with van der Waals surface area (Å²) in [5, 5.41) is 2.76. The fraction of sp³-hybridized carbons (Fsp3) is 0.529. The molecule has 5 heteroatoms. The fourth-order valence-electron chi connectivity index (χ4n) is 1.94. The van der Waals surface area contributed by atoms with E-state index in [1.807, 2.05) is 39.8 Å². The predicted octanol–water partition coefficient (Wildman–Crippen LogP) is 3.18. The lowest BCUT2D eigenvalue weighted by atomic mass is 10.00. The summed E-state index contributed by atoms with van der Waals surface area (Å²) in [6.45, 7) is 8.08. The van der Waals surface area contributed by atoms with E-state index in [0.717, 1.165) is 12.0 Å². The van der Waals surface area contributed by atoms with Crippen LogP contribution in [0.3, 0.4) is 0 Å². The van der Waals surface area contributed by atoms with Gasteiger partial charge in [-0.1, -0.05) is 19.1 Å². The van der Waals surface area contributed by atoms with Crippen LogP contribution in [0.2, 0.25) is 0 Å². The number of methoxy groups -OCH3 is 1. The maximum absolute atomic E-state index is 11.6. The van der Waals surface area contributed by atoms with Crippen LogP contribution in [0.25, 0.3) is 0 Å². The third-order valence-electron chi connectivity index (χ3n) is 2.95. The minimum atomic E-state index is -0.489. The molecule has 1 aromatic carbocycles. The Hall–Kier alpha value is -2.04. The molecule has 1 atom stereocenters. The summed E-state index contributed by atoms with van der Waals surface area (Å²) < 4.78 is 9.85. The van der Waals surface area contributed by atoms with Gasteiger partial charge >= 0.3 is 12.1 Å². The molecule has 0 aliphatic carbocycles. The SMILES string of the molecule is COC(=O)c1ccc(CC(C)CNC(=O)OC(C)(C)C)cc1. The molecule has 0 aliphatic rings. The number of nitrogens with one attached hydrogen (secondary N) is 1. The number of alkyl carbamates (subject to hydrolysis) is 1. The summed E-state index contributed by atoms with van der Waals surface area (Å²) in [4.78, 5) is 22.9. The van der Waals surface area contributed by atoms with Crippen molar-refractivity contribution >= 4 is 12.1 Å². The molecule has 1 rings (SSSR count). The number of ether oxygens (including phenoxy) is 2. The summed E-state index contributed by atoms with van der Waals surface area (Å²) in [5.41, 5.74) is 1.15. The van der Waals surface area contributed by atoms with Gasteiger partial charge in [-0.25, -0.2) is 9.59 Å². The first-order valence-electron chi connectivity index (χ1n) is 7.35. The van der Waals surface area contributed by atoms with E-state index in [1.165, 1.54) is 7.11 Å². The monoisotopic (exact) mass is 307 g/mol. The molecule has 0 saturated heterocycles. The fourth-order valence-corrected chi connectivity index (χ4v) is 1.94. The van der Waals surface area contributed by atoms with Crippen LogP contribution in [0, 0.1) is 5.92 Å². The molecule has 0 fully saturated rings. The van der Waals surface area contributed by atoms with E-state index < -0.39 is 11.7 Å². The van der Waals surface area contributed by atoms with E-state index in [9.17, 15) is 9.59 Å². The van der Waals surface area contributed by atoms with Crippen molar-refractivity contribution in [3.05, 3.63) is 35.4 Å². The molecule has 0 radical (unpaired) electrons. The van der Waals surface area contributed by atoms with Gasteiger partial charge in [0.05, 0.1) is 12.7 Å². The highest BCUT2D eigenvalue weighted by Gasteiger charge is 2.16. The number of hydrogen-bond acceptors (Lipinski definition) is 4.